The summed E-state index contributed by atoms with van der Waals surface area (Å²) >= 11 is 0. The zero-order valence-electron chi connectivity index (χ0n) is 9.70. The van der Waals surface area contributed by atoms with Gasteiger partial charge in [-0.2, -0.15) is 0 Å². The van der Waals surface area contributed by atoms with Crippen LogP contribution in [0.4, 0.5) is 4.39 Å². The Bertz CT molecular complexity index is 411. The Hall–Kier alpha value is -1.43. The molecular weight excluding hydrogens is 225 g/mol. The van der Waals surface area contributed by atoms with Crippen molar-refractivity contribution in [3.05, 3.63) is 17.3 Å². The summed E-state index contributed by atoms with van der Waals surface area (Å²) in [6, 6.07) is 0. The van der Waals surface area contributed by atoms with Crippen molar-refractivity contribution in [2.75, 3.05) is 0 Å². The molecule has 0 radical (unpaired) electrons. The van der Waals surface area contributed by atoms with Crippen LogP contribution in [0.1, 0.15) is 43.1 Å². The van der Waals surface area contributed by atoms with E-state index in [9.17, 15) is 9.18 Å². The molecule has 6 heteroatoms. The van der Waals surface area contributed by atoms with Gasteiger partial charge in [0.2, 0.25) is 5.91 Å². The normalized spacial score (nSPS) is 24.6. The highest BCUT2D eigenvalue weighted by Gasteiger charge is 2.30. The molecule has 1 aromatic rings. The van der Waals surface area contributed by atoms with E-state index in [1.807, 2.05) is 0 Å². The fraction of sp³-hybridized carbons (Fsp3) is 0.636. The molecule has 1 saturated carbocycles. The molecule has 94 valence electrons. The predicted octanol–water partition coefficient (Wildman–Crippen LogP) is 1.39. The Labute approximate surface area is 98.5 Å². The standard InChI is InChI=1S/C11H16FN3O2/c1-6-9(12)10(15-17-6)7-2-4-8(5-3-7)11(16)14-13/h7-8H,2-5,13H2,1H3,(H,14,16). The molecule has 0 spiro atoms. The molecule has 3 N–H and O–H groups in total. The van der Waals surface area contributed by atoms with Crippen molar-refractivity contribution in [3.8, 4) is 0 Å². The Morgan fingerprint density at radius 3 is 2.59 bits per heavy atom. The van der Waals surface area contributed by atoms with Gasteiger partial charge >= 0.3 is 0 Å². The Morgan fingerprint density at radius 2 is 2.12 bits per heavy atom. The summed E-state index contributed by atoms with van der Waals surface area (Å²) < 4.78 is 18.4. The zero-order valence-corrected chi connectivity index (χ0v) is 9.70. The predicted molar refractivity (Wildman–Crippen MR) is 58.2 cm³/mol. The van der Waals surface area contributed by atoms with Crippen LogP contribution in [0.25, 0.3) is 0 Å². The first-order valence-electron chi connectivity index (χ1n) is 5.75. The van der Waals surface area contributed by atoms with Crippen LogP contribution in [0.15, 0.2) is 4.52 Å². The van der Waals surface area contributed by atoms with E-state index in [0.717, 1.165) is 12.8 Å². The highest BCUT2D eigenvalue weighted by molar-refractivity contribution is 5.78. The van der Waals surface area contributed by atoms with Gasteiger partial charge in [-0.1, -0.05) is 5.16 Å². The van der Waals surface area contributed by atoms with Crippen LogP contribution >= 0.6 is 0 Å². The molecule has 2 rings (SSSR count). The molecular formula is C11H16FN3O2. The molecule has 1 fully saturated rings. The van der Waals surface area contributed by atoms with Gasteiger partial charge in [-0.15, -0.1) is 0 Å². The number of aromatic nitrogens is 1. The maximum absolute atomic E-state index is 13.6. The summed E-state index contributed by atoms with van der Waals surface area (Å²) in [4.78, 5) is 11.3. The molecule has 0 aromatic carbocycles. The third kappa shape index (κ3) is 2.31. The lowest BCUT2D eigenvalue weighted by Gasteiger charge is -2.25. The minimum absolute atomic E-state index is 0.0503. The largest absolute Gasteiger partial charge is 0.358 e. The molecule has 0 saturated heterocycles. The third-order valence-corrected chi connectivity index (χ3v) is 3.44. The van der Waals surface area contributed by atoms with Crippen LogP contribution in [-0.4, -0.2) is 11.1 Å². The van der Waals surface area contributed by atoms with Crippen LogP contribution in [0.5, 0.6) is 0 Å². The maximum Gasteiger partial charge on any atom is 0.236 e. The number of hydrogen-bond acceptors (Lipinski definition) is 4. The van der Waals surface area contributed by atoms with Gasteiger partial charge in [0.1, 0.15) is 5.69 Å². The summed E-state index contributed by atoms with van der Waals surface area (Å²) in [6.07, 6.45) is 2.89. The van der Waals surface area contributed by atoms with Gasteiger partial charge in [-0.05, 0) is 32.6 Å². The number of hydrazine groups is 1. The van der Waals surface area contributed by atoms with Crippen LogP contribution in [0.3, 0.4) is 0 Å². The molecule has 1 aromatic heterocycles. The molecule has 1 aliphatic carbocycles. The average Bonchev–Trinajstić information content (AvgIpc) is 2.69. The van der Waals surface area contributed by atoms with Crippen LogP contribution in [0, 0.1) is 18.7 Å². The zero-order chi connectivity index (χ0) is 12.4. The van der Waals surface area contributed by atoms with Gasteiger partial charge < -0.3 is 4.52 Å². The molecule has 0 aliphatic heterocycles. The van der Waals surface area contributed by atoms with Crippen molar-refractivity contribution in [1.29, 1.82) is 0 Å². The molecule has 1 heterocycles. The molecule has 17 heavy (non-hydrogen) atoms. The minimum Gasteiger partial charge on any atom is -0.358 e. The summed E-state index contributed by atoms with van der Waals surface area (Å²) in [5.74, 6) is 4.81. The smallest absolute Gasteiger partial charge is 0.236 e. The maximum atomic E-state index is 13.6. The third-order valence-electron chi connectivity index (χ3n) is 3.44. The van der Waals surface area contributed by atoms with E-state index in [-0.39, 0.29) is 29.3 Å². The Kier molecular flexibility index (Phi) is 3.42. The Balaban J connectivity index is 2.00. The van der Waals surface area contributed by atoms with E-state index in [4.69, 9.17) is 10.4 Å². The fourth-order valence-corrected chi connectivity index (χ4v) is 2.38. The van der Waals surface area contributed by atoms with Gasteiger partial charge in [-0.3, -0.25) is 10.2 Å². The Morgan fingerprint density at radius 1 is 1.47 bits per heavy atom. The second-order valence-electron chi connectivity index (χ2n) is 4.50. The first kappa shape index (κ1) is 12.0. The van der Waals surface area contributed by atoms with Crippen LogP contribution in [0.2, 0.25) is 0 Å². The van der Waals surface area contributed by atoms with Crippen molar-refractivity contribution in [2.24, 2.45) is 11.8 Å². The number of carbonyl (C=O) groups excluding carboxylic acids is 1. The highest BCUT2D eigenvalue weighted by Crippen LogP contribution is 2.36. The van der Waals surface area contributed by atoms with Crippen LogP contribution in [-0.2, 0) is 4.79 Å². The number of nitrogens with zero attached hydrogens (tertiary/aromatic N) is 1. The van der Waals surface area contributed by atoms with Crippen molar-refractivity contribution in [1.82, 2.24) is 10.6 Å². The molecule has 0 unspecified atom stereocenters. The van der Waals surface area contributed by atoms with E-state index in [2.05, 4.69) is 10.6 Å². The number of amides is 1. The van der Waals surface area contributed by atoms with Crippen molar-refractivity contribution in [3.63, 3.8) is 0 Å². The fourth-order valence-electron chi connectivity index (χ4n) is 2.38. The number of nitrogens with two attached hydrogens (primary N) is 1. The lowest BCUT2D eigenvalue weighted by Crippen LogP contribution is -2.37. The molecule has 1 aliphatic rings. The molecule has 1 amide bonds. The number of nitrogens with one attached hydrogen (secondary N) is 1. The summed E-state index contributed by atoms with van der Waals surface area (Å²) in [6.45, 7) is 1.55. The van der Waals surface area contributed by atoms with Gasteiger partial charge in [0.05, 0.1) is 0 Å². The van der Waals surface area contributed by atoms with Crippen molar-refractivity contribution < 1.29 is 13.7 Å². The first-order chi connectivity index (χ1) is 8.13. The molecule has 0 bridgehead atoms. The van der Waals surface area contributed by atoms with Gasteiger partial charge in [0.15, 0.2) is 11.6 Å². The number of hydrogen-bond donors (Lipinski definition) is 2. The quantitative estimate of drug-likeness (QED) is 0.465. The minimum atomic E-state index is -0.350. The topological polar surface area (TPSA) is 81.2 Å². The summed E-state index contributed by atoms with van der Waals surface area (Å²) in [5, 5.41) is 3.75. The SMILES string of the molecule is Cc1onc(C2CCC(C(=O)NN)CC2)c1F. The summed E-state index contributed by atoms with van der Waals surface area (Å²) in [5.41, 5.74) is 2.55. The van der Waals surface area contributed by atoms with E-state index in [0.29, 0.717) is 18.5 Å². The van der Waals surface area contributed by atoms with Gasteiger partial charge in [-0.25, -0.2) is 10.2 Å². The number of halogens is 1. The van der Waals surface area contributed by atoms with Gasteiger partial charge in [0.25, 0.3) is 0 Å². The lowest BCUT2D eigenvalue weighted by atomic mass is 9.80. The number of aryl methyl sites for hydroxylation is 1. The second kappa shape index (κ2) is 4.83. The van der Waals surface area contributed by atoms with E-state index < -0.39 is 0 Å². The highest BCUT2D eigenvalue weighted by atomic mass is 19.1. The lowest BCUT2D eigenvalue weighted by molar-refractivity contribution is -0.126. The average molecular weight is 241 g/mol. The van der Waals surface area contributed by atoms with Crippen LogP contribution < -0.4 is 11.3 Å². The van der Waals surface area contributed by atoms with E-state index in [1.54, 1.807) is 6.92 Å². The van der Waals surface area contributed by atoms with E-state index >= 15 is 0 Å². The molecule has 5 nitrogen and oxygen atoms in total. The van der Waals surface area contributed by atoms with Crippen molar-refractivity contribution >= 4 is 5.91 Å². The van der Waals surface area contributed by atoms with Crippen molar-refractivity contribution in [2.45, 2.75) is 38.5 Å². The number of rotatable bonds is 2. The summed E-state index contributed by atoms with van der Waals surface area (Å²) in [7, 11) is 0. The first-order valence-corrected chi connectivity index (χ1v) is 5.75. The second-order valence-corrected chi connectivity index (χ2v) is 4.50. The molecule has 0 atom stereocenters. The monoisotopic (exact) mass is 241 g/mol. The van der Waals surface area contributed by atoms with Gasteiger partial charge in [0, 0.05) is 11.8 Å². The van der Waals surface area contributed by atoms with E-state index in [1.165, 1.54) is 0 Å². The number of carbonyl (C=O) groups is 1.